The van der Waals surface area contributed by atoms with Crippen LogP contribution in [0.5, 0.6) is 0 Å². The second kappa shape index (κ2) is 5.00. The van der Waals surface area contributed by atoms with E-state index in [1.807, 2.05) is 6.07 Å². The Morgan fingerprint density at radius 3 is 2.94 bits per heavy atom. The molecule has 0 radical (unpaired) electrons. The summed E-state index contributed by atoms with van der Waals surface area (Å²) >= 11 is 0. The van der Waals surface area contributed by atoms with Gasteiger partial charge in [0, 0.05) is 19.2 Å². The van der Waals surface area contributed by atoms with Gasteiger partial charge in [0.05, 0.1) is 16.6 Å². The van der Waals surface area contributed by atoms with Gasteiger partial charge in [-0.2, -0.15) is 5.26 Å². The highest BCUT2D eigenvalue weighted by molar-refractivity contribution is 5.65. The molecule has 1 aromatic rings. The van der Waals surface area contributed by atoms with E-state index in [2.05, 4.69) is 0 Å². The predicted octanol–water partition coefficient (Wildman–Crippen LogP) is 2.40. The molecular weight excluding hydrogens is 237 g/mol. The lowest BCUT2D eigenvalue weighted by atomic mass is 10.1. The third-order valence-corrected chi connectivity index (χ3v) is 3.01. The number of rotatable bonds is 2. The van der Waals surface area contributed by atoms with Crippen molar-refractivity contribution in [3.8, 4) is 6.07 Å². The second-order valence-corrected chi connectivity index (χ2v) is 4.26. The number of hydrogen-bond acceptors (Lipinski definition) is 4. The van der Waals surface area contributed by atoms with Crippen LogP contribution in [0.25, 0.3) is 0 Å². The molecule has 1 aromatic carbocycles. The van der Waals surface area contributed by atoms with Crippen molar-refractivity contribution in [1.82, 2.24) is 0 Å². The highest BCUT2D eigenvalue weighted by Gasteiger charge is 2.25. The van der Waals surface area contributed by atoms with Gasteiger partial charge in [-0.3, -0.25) is 10.1 Å². The Hall–Kier alpha value is -2.16. The maximum Gasteiger partial charge on any atom is 0.293 e. The minimum absolute atomic E-state index is 0.136. The summed E-state index contributed by atoms with van der Waals surface area (Å²) in [5, 5.41) is 19.7. The lowest BCUT2D eigenvalue weighted by molar-refractivity contribution is -0.384. The predicted molar refractivity (Wildman–Crippen MR) is 64.2 cm³/mol. The van der Waals surface area contributed by atoms with Crippen molar-refractivity contribution in [2.45, 2.75) is 19.0 Å². The molecule has 1 heterocycles. The monoisotopic (exact) mass is 249 g/mol. The Kier molecular flexibility index (Phi) is 3.42. The number of benzene rings is 1. The molecule has 1 aliphatic rings. The molecule has 0 spiro atoms. The first kappa shape index (κ1) is 12.3. The maximum atomic E-state index is 13.3. The SMILES string of the molecule is N#Cc1ccc(N2CCC[C@@H](F)C2)c([N+](=O)[O-])c1. The molecule has 18 heavy (non-hydrogen) atoms. The van der Waals surface area contributed by atoms with E-state index in [4.69, 9.17) is 5.26 Å². The van der Waals surface area contributed by atoms with Crippen LogP contribution in [-0.4, -0.2) is 24.2 Å². The Morgan fingerprint density at radius 2 is 2.33 bits per heavy atom. The standard InChI is InChI=1S/C12H12FN3O2/c13-10-2-1-5-15(8-10)11-4-3-9(7-14)6-12(11)16(17)18/h3-4,6,10H,1-2,5,8H2/t10-/m1/s1. The van der Waals surface area contributed by atoms with Crippen molar-refractivity contribution in [1.29, 1.82) is 5.26 Å². The fourth-order valence-electron chi connectivity index (χ4n) is 2.15. The van der Waals surface area contributed by atoms with Crippen molar-refractivity contribution in [2.75, 3.05) is 18.0 Å². The fourth-order valence-corrected chi connectivity index (χ4v) is 2.15. The molecule has 0 N–H and O–H groups in total. The summed E-state index contributed by atoms with van der Waals surface area (Å²) in [6.07, 6.45) is 0.229. The highest BCUT2D eigenvalue weighted by atomic mass is 19.1. The number of halogens is 1. The van der Waals surface area contributed by atoms with Gasteiger partial charge in [-0.1, -0.05) is 0 Å². The molecule has 1 atom stereocenters. The van der Waals surface area contributed by atoms with E-state index in [1.165, 1.54) is 18.2 Å². The summed E-state index contributed by atoms with van der Waals surface area (Å²) in [5.41, 5.74) is 0.490. The molecule has 6 heteroatoms. The Labute approximate surface area is 104 Å². The zero-order valence-corrected chi connectivity index (χ0v) is 9.67. The first-order valence-electron chi connectivity index (χ1n) is 5.69. The molecule has 1 fully saturated rings. The summed E-state index contributed by atoms with van der Waals surface area (Å²) < 4.78 is 13.3. The van der Waals surface area contributed by atoms with Crippen LogP contribution in [0.15, 0.2) is 18.2 Å². The van der Waals surface area contributed by atoms with Crippen LogP contribution in [0.3, 0.4) is 0 Å². The van der Waals surface area contributed by atoms with Crippen molar-refractivity contribution in [3.63, 3.8) is 0 Å². The van der Waals surface area contributed by atoms with Crippen molar-refractivity contribution in [3.05, 3.63) is 33.9 Å². The third kappa shape index (κ3) is 2.40. The first-order valence-corrected chi connectivity index (χ1v) is 5.69. The molecule has 0 unspecified atom stereocenters. The summed E-state index contributed by atoms with van der Waals surface area (Å²) in [4.78, 5) is 12.1. The summed E-state index contributed by atoms with van der Waals surface area (Å²) in [6, 6.07) is 6.14. The van der Waals surface area contributed by atoms with E-state index in [0.29, 0.717) is 25.1 Å². The normalized spacial score (nSPS) is 19.3. The van der Waals surface area contributed by atoms with E-state index in [0.717, 1.165) is 0 Å². The lowest BCUT2D eigenvalue weighted by Crippen LogP contribution is -2.36. The van der Waals surface area contributed by atoms with Gasteiger partial charge in [-0.15, -0.1) is 0 Å². The van der Waals surface area contributed by atoms with Gasteiger partial charge in [0.1, 0.15) is 11.9 Å². The number of piperidine rings is 1. The van der Waals surface area contributed by atoms with Crippen molar-refractivity contribution in [2.24, 2.45) is 0 Å². The van der Waals surface area contributed by atoms with Crippen LogP contribution in [-0.2, 0) is 0 Å². The minimum atomic E-state index is -0.950. The Morgan fingerprint density at radius 1 is 1.56 bits per heavy atom. The molecule has 2 rings (SSSR count). The van der Waals surface area contributed by atoms with Crippen LogP contribution in [0, 0.1) is 21.4 Å². The number of nitriles is 1. The highest BCUT2D eigenvalue weighted by Crippen LogP contribution is 2.31. The number of hydrogen-bond donors (Lipinski definition) is 0. The summed E-state index contributed by atoms with van der Waals surface area (Å²) in [7, 11) is 0. The molecule has 1 aliphatic heterocycles. The lowest BCUT2D eigenvalue weighted by Gasteiger charge is -2.30. The third-order valence-electron chi connectivity index (χ3n) is 3.01. The average molecular weight is 249 g/mol. The van der Waals surface area contributed by atoms with Gasteiger partial charge in [-0.25, -0.2) is 4.39 Å². The topological polar surface area (TPSA) is 70.2 Å². The average Bonchev–Trinajstić information content (AvgIpc) is 2.38. The van der Waals surface area contributed by atoms with Crippen molar-refractivity contribution >= 4 is 11.4 Å². The number of nitro groups is 1. The molecule has 0 saturated carbocycles. The van der Waals surface area contributed by atoms with Crippen LogP contribution in [0.2, 0.25) is 0 Å². The molecule has 0 amide bonds. The number of alkyl halides is 1. The summed E-state index contributed by atoms with van der Waals surface area (Å²) in [6.45, 7) is 0.778. The second-order valence-electron chi connectivity index (χ2n) is 4.26. The van der Waals surface area contributed by atoms with Crippen LogP contribution < -0.4 is 4.90 Å². The molecule has 1 saturated heterocycles. The van der Waals surface area contributed by atoms with Gasteiger partial charge < -0.3 is 4.90 Å². The van der Waals surface area contributed by atoms with Crippen LogP contribution in [0.4, 0.5) is 15.8 Å². The smallest absolute Gasteiger partial charge is 0.293 e. The van der Waals surface area contributed by atoms with E-state index in [1.54, 1.807) is 4.90 Å². The number of nitro benzene ring substituents is 1. The first-order chi connectivity index (χ1) is 8.61. The maximum absolute atomic E-state index is 13.3. The zero-order valence-electron chi connectivity index (χ0n) is 9.67. The number of nitrogens with zero attached hydrogens (tertiary/aromatic N) is 3. The summed E-state index contributed by atoms with van der Waals surface area (Å²) in [5.74, 6) is 0. The quantitative estimate of drug-likeness (QED) is 0.596. The molecular formula is C12H12FN3O2. The molecule has 0 bridgehead atoms. The van der Waals surface area contributed by atoms with E-state index in [-0.39, 0.29) is 17.8 Å². The number of anilines is 1. The zero-order chi connectivity index (χ0) is 13.1. The minimum Gasteiger partial charge on any atom is -0.363 e. The fraction of sp³-hybridized carbons (Fsp3) is 0.417. The van der Waals surface area contributed by atoms with E-state index >= 15 is 0 Å². The van der Waals surface area contributed by atoms with Crippen LogP contribution >= 0.6 is 0 Å². The van der Waals surface area contributed by atoms with E-state index < -0.39 is 11.1 Å². The van der Waals surface area contributed by atoms with Crippen LogP contribution in [0.1, 0.15) is 18.4 Å². The Balaban J connectivity index is 2.37. The van der Waals surface area contributed by atoms with Gasteiger partial charge in [-0.05, 0) is 25.0 Å². The van der Waals surface area contributed by atoms with Gasteiger partial charge in [0.25, 0.3) is 5.69 Å². The Bertz CT molecular complexity index is 513. The molecule has 94 valence electrons. The van der Waals surface area contributed by atoms with E-state index in [9.17, 15) is 14.5 Å². The molecule has 5 nitrogen and oxygen atoms in total. The largest absolute Gasteiger partial charge is 0.363 e. The molecule has 0 aliphatic carbocycles. The molecule has 0 aromatic heterocycles. The van der Waals surface area contributed by atoms with Crippen molar-refractivity contribution < 1.29 is 9.31 Å². The van der Waals surface area contributed by atoms with Gasteiger partial charge in [0.15, 0.2) is 0 Å². The van der Waals surface area contributed by atoms with Gasteiger partial charge in [0.2, 0.25) is 0 Å². The van der Waals surface area contributed by atoms with Gasteiger partial charge >= 0.3 is 0 Å².